The second kappa shape index (κ2) is 2.46. The molecule has 1 atom stereocenters. The van der Waals surface area contributed by atoms with E-state index in [-0.39, 0.29) is 18.1 Å². The van der Waals surface area contributed by atoms with Crippen molar-refractivity contribution in [3.8, 4) is 0 Å². The van der Waals surface area contributed by atoms with E-state index in [1.165, 1.54) is 0 Å². The van der Waals surface area contributed by atoms with Crippen molar-refractivity contribution >= 4 is 5.91 Å². The molecule has 2 saturated heterocycles. The molecule has 1 amide bonds. The van der Waals surface area contributed by atoms with Gasteiger partial charge < -0.3 is 9.64 Å². The number of hydrogen-bond donors (Lipinski definition) is 0. The van der Waals surface area contributed by atoms with E-state index in [1.807, 2.05) is 4.90 Å². The van der Waals surface area contributed by atoms with Gasteiger partial charge in [0.15, 0.2) is 0 Å². The Morgan fingerprint density at radius 1 is 1.58 bits per heavy atom. The van der Waals surface area contributed by atoms with Crippen LogP contribution >= 0.6 is 0 Å². The zero-order valence-corrected chi connectivity index (χ0v) is 7.67. The van der Waals surface area contributed by atoms with Gasteiger partial charge in [0.25, 0.3) is 0 Å². The molecule has 0 aromatic carbocycles. The summed E-state index contributed by atoms with van der Waals surface area (Å²) in [6.45, 7) is 5.34. The zero-order chi connectivity index (χ0) is 8.77. The molecule has 1 unspecified atom stereocenters. The van der Waals surface area contributed by atoms with Crippen molar-refractivity contribution in [2.45, 2.75) is 38.3 Å². The molecule has 0 spiro atoms. The first-order chi connectivity index (χ1) is 5.61. The number of carbonyl (C=O) groups is 1. The van der Waals surface area contributed by atoms with Crippen molar-refractivity contribution in [1.82, 2.24) is 4.90 Å². The minimum atomic E-state index is -0.135. The number of fused-ring (bicyclic) bond motifs is 1. The predicted molar refractivity (Wildman–Crippen MR) is 44.8 cm³/mol. The Labute approximate surface area is 72.7 Å². The molecule has 3 heteroatoms. The first-order valence-electron chi connectivity index (χ1n) is 4.55. The van der Waals surface area contributed by atoms with E-state index in [2.05, 4.69) is 13.8 Å². The van der Waals surface area contributed by atoms with Crippen molar-refractivity contribution in [3.05, 3.63) is 0 Å². The van der Waals surface area contributed by atoms with Crippen molar-refractivity contribution in [3.63, 3.8) is 0 Å². The Hall–Kier alpha value is -0.570. The molecular formula is C9H15NO2. The highest BCUT2D eigenvalue weighted by Gasteiger charge is 2.44. The minimum absolute atomic E-state index is 0.135. The van der Waals surface area contributed by atoms with Gasteiger partial charge in [-0.3, -0.25) is 4.79 Å². The Morgan fingerprint density at radius 2 is 2.33 bits per heavy atom. The molecule has 0 aromatic heterocycles. The Balaban J connectivity index is 2.22. The number of morpholine rings is 1. The first kappa shape index (κ1) is 8.05. The second-order valence-electron chi connectivity index (χ2n) is 4.14. The molecule has 0 bridgehead atoms. The number of hydrogen-bond acceptors (Lipinski definition) is 2. The fraction of sp³-hybridized carbons (Fsp3) is 0.889. The summed E-state index contributed by atoms with van der Waals surface area (Å²) in [6.07, 6.45) is 2.22. The standard InChI is InChI=1S/C9H15NO2/c1-9(2)7-4-3-5-10(7)8(11)6-12-9/h7H,3-6H2,1-2H3. The molecule has 12 heavy (non-hydrogen) atoms. The maximum absolute atomic E-state index is 11.4. The molecule has 68 valence electrons. The highest BCUT2D eigenvalue weighted by atomic mass is 16.5. The van der Waals surface area contributed by atoms with E-state index in [9.17, 15) is 4.79 Å². The maximum Gasteiger partial charge on any atom is 0.248 e. The summed E-state index contributed by atoms with van der Waals surface area (Å²) in [5.74, 6) is 0.164. The molecule has 0 aliphatic carbocycles. The van der Waals surface area contributed by atoms with E-state index >= 15 is 0 Å². The van der Waals surface area contributed by atoms with Crippen LogP contribution in [0.15, 0.2) is 0 Å². The average Bonchev–Trinajstić information content (AvgIpc) is 2.46. The molecule has 2 aliphatic rings. The van der Waals surface area contributed by atoms with Gasteiger partial charge in [0.2, 0.25) is 5.91 Å². The van der Waals surface area contributed by atoms with E-state index < -0.39 is 0 Å². The Morgan fingerprint density at radius 3 is 3.00 bits per heavy atom. The summed E-state index contributed by atoms with van der Waals surface area (Å²) in [7, 11) is 0. The van der Waals surface area contributed by atoms with Crippen LogP contribution < -0.4 is 0 Å². The van der Waals surface area contributed by atoms with Crippen LogP contribution in [0.2, 0.25) is 0 Å². The monoisotopic (exact) mass is 169 g/mol. The lowest BCUT2D eigenvalue weighted by Gasteiger charge is -2.42. The summed E-state index contributed by atoms with van der Waals surface area (Å²) < 4.78 is 5.50. The normalized spacial score (nSPS) is 33.7. The van der Waals surface area contributed by atoms with Crippen LogP contribution in [-0.4, -0.2) is 35.6 Å². The van der Waals surface area contributed by atoms with Gasteiger partial charge in [-0.05, 0) is 26.7 Å². The third-order valence-corrected chi connectivity index (χ3v) is 2.94. The van der Waals surface area contributed by atoms with Gasteiger partial charge in [-0.15, -0.1) is 0 Å². The first-order valence-corrected chi connectivity index (χ1v) is 4.55. The second-order valence-corrected chi connectivity index (χ2v) is 4.14. The van der Waals surface area contributed by atoms with Gasteiger partial charge in [-0.1, -0.05) is 0 Å². The van der Waals surface area contributed by atoms with Crippen LogP contribution in [0.1, 0.15) is 26.7 Å². The number of amides is 1. The third-order valence-electron chi connectivity index (χ3n) is 2.94. The highest BCUT2D eigenvalue weighted by molar-refractivity contribution is 5.79. The summed E-state index contributed by atoms with van der Waals surface area (Å²) in [6, 6.07) is 0.318. The van der Waals surface area contributed by atoms with Crippen molar-refractivity contribution in [2.75, 3.05) is 13.2 Å². The topological polar surface area (TPSA) is 29.5 Å². The Kier molecular flexibility index (Phi) is 1.65. The molecule has 2 fully saturated rings. The molecule has 0 radical (unpaired) electrons. The van der Waals surface area contributed by atoms with Crippen LogP contribution in [0.5, 0.6) is 0 Å². The molecule has 3 nitrogen and oxygen atoms in total. The lowest BCUT2D eigenvalue weighted by Crippen LogP contribution is -2.56. The van der Waals surface area contributed by atoms with E-state index in [4.69, 9.17) is 4.74 Å². The lowest BCUT2D eigenvalue weighted by atomic mass is 9.95. The quantitative estimate of drug-likeness (QED) is 0.536. The predicted octanol–water partition coefficient (Wildman–Crippen LogP) is 0.786. The van der Waals surface area contributed by atoms with E-state index in [1.54, 1.807) is 0 Å². The SMILES string of the molecule is CC1(C)OCC(=O)N2CCCC21. The van der Waals surface area contributed by atoms with Crippen molar-refractivity contribution in [2.24, 2.45) is 0 Å². The lowest BCUT2D eigenvalue weighted by molar-refractivity contribution is -0.166. The van der Waals surface area contributed by atoms with Crippen LogP contribution in [-0.2, 0) is 9.53 Å². The van der Waals surface area contributed by atoms with Gasteiger partial charge in [-0.2, -0.15) is 0 Å². The van der Waals surface area contributed by atoms with Crippen LogP contribution in [0.3, 0.4) is 0 Å². The number of ether oxygens (including phenoxy) is 1. The maximum atomic E-state index is 11.4. The third kappa shape index (κ3) is 1.04. The van der Waals surface area contributed by atoms with Gasteiger partial charge in [0.05, 0.1) is 11.6 Å². The molecule has 2 heterocycles. The summed E-state index contributed by atoms with van der Waals surface area (Å²) in [4.78, 5) is 13.3. The molecule has 2 aliphatic heterocycles. The highest BCUT2D eigenvalue weighted by Crippen LogP contribution is 2.32. The van der Waals surface area contributed by atoms with Gasteiger partial charge in [-0.25, -0.2) is 0 Å². The van der Waals surface area contributed by atoms with E-state index in [0.29, 0.717) is 6.04 Å². The molecular weight excluding hydrogens is 154 g/mol. The number of rotatable bonds is 0. The van der Waals surface area contributed by atoms with E-state index in [0.717, 1.165) is 19.4 Å². The minimum Gasteiger partial charge on any atom is -0.364 e. The zero-order valence-electron chi connectivity index (χ0n) is 7.67. The molecule has 2 rings (SSSR count). The average molecular weight is 169 g/mol. The molecule has 0 aromatic rings. The van der Waals surface area contributed by atoms with Crippen molar-refractivity contribution in [1.29, 1.82) is 0 Å². The summed E-state index contributed by atoms with van der Waals surface area (Å²) in [5, 5.41) is 0. The Bertz CT molecular complexity index is 213. The van der Waals surface area contributed by atoms with Gasteiger partial charge >= 0.3 is 0 Å². The van der Waals surface area contributed by atoms with Crippen LogP contribution in [0.25, 0.3) is 0 Å². The summed E-state index contributed by atoms with van der Waals surface area (Å²) in [5.41, 5.74) is -0.135. The summed E-state index contributed by atoms with van der Waals surface area (Å²) >= 11 is 0. The molecule has 0 N–H and O–H groups in total. The van der Waals surface area contributed by atoms with Crippen LogP contribution in [0, 0.1) is 0 Å². The van der Waals surface area contributed by atoms with Crippen LogP contribution in [0.4, 0.5) is 0 Å². The largest absolute Gasteiger partial charge is 0.364 e. The fourth-order valence-electron chi connectivity index (χ4n) is 2.21. The number of carbonyl (C=O) groups excluding carboxylic acids is 1. The van der Waals surface area contributed by atoms with Crippen molar-refractivity contribution < 1.29 is 9.53 Å². The molecule has 0 saturated carbocycles. The van der Waals surface area contributed by atoms with Gasteiger partial charge in [0.1, 0.15) is 6.61 Å². The number of nitrogens with zero attached hydrogens (tertiary/aromatic N) is 1. The van der Waals surface area contributed by atoms with Gasteiger partial charge in [0, 0.05) is 6.54 Å². The fourth-order valence-corrected chi connectivity index (χ4v) is 2.21. The smallest absolute Gasteiger partial charge is 0.248 e.